The molecule has 1 atom stereocenters. The molecule has 10 N–H and O–H groups in total. The summed E-state index contributed by atoms with van der Waals surface area (Å²) in [6.45, 7) is 3.47. The number of para-hydroxylation sites is 4. The van der Waals surface area contributed by atoms with Gasteiger partial charge in [0, 0.05) is 52.7 Å². The number of amides is 1. The van der Waals surface area contributed by atoms with Gasteiger partial charge in [-0.25, -0.2) is 24.9 Å². The maximum atomic E-state index is 11.7. The first-order chi connectivity index (χ1) is 31.3. The van der Waals surface area contributed by atoms with Crippen molar-refractivity contribution in [3.8, 4) is 45.3 Å². The Morgan fingerprint density at radius 3 is 1.50 bits per heavy atom. The maximum absolute atomic E-state index is 11.7. The Labute approximate surface area is 383 Å². The minimum absolute atomic E-state index is 0. The lowest BCUT2D eigenvalue weighted by molar-refractivity contribution is -0.111. The van der Waals surface area contributed by atoms with Gasteiger partial charge in [0.15, 0.2) is 11.3 Å². The Hall–Kier alpha value is -8.58. The van der Waals surface area contributed by atoms with Crippen molar-refractivity contribution in [2.45, 2.75) is 12.6 Å². The van der Waals surface area contributed by atoms with Crippen LogP contribution in [0.15, 0.2) is 127 Å². The summed E-state index contributed by atoms with van der Waals surface area (Å²) in [7, 11) is 5.06. The molecule has 66 heavy (non-hydrogen) atoms. The van der Waals surface area contributed by atoms with Crippen molar-refractivity contribution in [1.82, 2.24) is 29.9 Å². The monoisotopic (exact) mass is 910 g/mol. The third kappa shape index (κ3) is 11.9. The summed E-state index contributed by atoms with van der Waals surface area (Å²) >= 11 is 0. The largest absolute Gasteiger partial charge is 0.497 e. The molecule has 8 rings (SSSR count). The third-order valence-corrected chi connectivity index (χ3v) is 10.1. The SMILES string of the molecule is C.C=CC(=O)Nc1ccccc1Nc1ncc2cc(-c3cc(OC)cc(OC)c3)c(N)nc2n1.COc1cc(OC)cc(-c2cc3cnc(S(C)=O)nc3nc2N)c1.Nc1ccccc1N. The maximum Gasteiger partial charge on any atom is 0.247 e. The topological polar surface area (TPSA) is 277 Å². The van der Waals surface area contributed by atoms with Crippen molar-refractivity contribution in [1.29, 1.82) is 0 Å². The van der Waals surface area contributed by atoms with Crippen LogP contribution in [0.5, 0.6) is 23.0 Å². The number of ether oxygens (including phenoxy) is 4. The summed E-state index contributed by atoms with van der Waals surface area (Å²) in [5, 5.41) is 7.48. The average Bonchev–Trinajstić information content (AvgIpc) is 3.32. The van der Waals surface area contributed by atoms with Crippen LogP contribution in [0.4, 0.5) is 40.3 Å². The average molecular weight is 911 g/mol. The summed E-state index contributed by atoms with van der Waals surface area (Å²) in [5.41, 5.74) is 29.5. The minimum Gasteiger partial charge on any atom is -0.497 e. The molecule has 4 aromatic carbocycles. The van der Waals surface area contributed by atoms with E-state index in [9.17, 15) is 9.00 Å². The number of benzene rings is 4. The molecule has 19 heteroatoms. The van der Waals surface area contributed by atoms with E-state index < -0.39 is 10.8 Å². The summed E-state index contributed by atoms with van der Waals surface area (Å²) in [4.78, 5) is 37.6. The number of methoxy groups -OCH3 is 4. The summed E-state index contributed by atoms with van der Waals surface area (Å²) in [6, 6.07) is 29.1. The number of hydrogen-bond donors (Lipinski definition) is 6. The molecule has 8 aromatic rings. The summed E-state index contributed by atoms with van der Waals surface area (Å²) in [6.07, 6.45) is 5.96. The van der Waals surface area contributed by atoms with E-state index in [1.807, 2.05) is 60.7 Å². The zero-order valence-corrected chi connectivity index (χ0v) is 36.8. The molecule has 4 heterocycles. The lowest BCUT2D eigenvalue weighted by Crippen LogP contribution is -2.09. The van der Waals surface area contributed by atoms with Crippen molar-refractivity contribution in [3.05, 3.63) is 122 Å². The predicted molar refractivity (Wildman–Crippen MR) is 263 cm³/mol. The highest BCUT2D eigenvalue weighted by atomic mass is 32.2. The van der Waals surface area contributed by atoms with Crippen LogP contribution >= 0.6 is 0 Å². The number of nitrogens with one attached hydrogen (secondary N) is 2. The van der Waals surface area contributed by atoms with E-state index >= 15 is 0 Å². The molecule has 0 spiro atoms. The van der Waals surface area contributed by atoms with E-state index in [1.54, 1.807) is 77.2 Å². The molecule has 0 saturated heterocycles. The lowest BCUT2D eigenvalue weighted by atomic mass is 10.0. The number of pyridine rings is 2. The van der Waals surface area contributed by atoms with Crippen molar-refractivity contribution < 1.29 is 28.0 Å². The normalized spacial score (nSPS) is 10.7. The highest BCUT2D eigenvalue weighted by Crippen LogP contribution is 2.35. The van der Waals surface area contributed by atoms with Crippen LogP contribution in [0.2, 0.25) is 0 Å². The smallest absolute Gasteiger partial charge is 0.247 e. The Morgan fingerprint density at radius 2 is 1.06 bits per heavy atom. The molecule has 18 nitrogen and oxygen atoms in total. The van der Waals surface area contributed by atoms with E-state index in [0.717, 1.165) is 11.1 Å². The van der Waals surface area contributed by atoms with Gasteiger partial charge in [-0.05, 0) is 77.9 Å². The molecule has 0 aliphatic carbocycles. The van der Waals surface area contributed by atoms with Crippen LogP contribution in [-0.2, 0) is 15.6 Å². The standard InChI is InChI=1S/C24H22N6O3.C16H16N4O3S.C6H8N2.CH4/c1-4-21(31)27-19-7-5-6-8-20(19)28-24-26-13-15-11-18(22(25)29-23(15)30-24)14-9-16(32-2)12-17(10-14)33-3;1-22-11-4-9(5-12(7-11)23-2)13-6-10-8-18-16(24(3)21)20-15(10)19-14(13)17;7-5-3-1-2-4-6(5)8;/h4-13H,1H2,2-3H3,(H,27,31)(H3,25,26,28,29,30);4-8H,1-3H3,(H2,17,18,19,20);1-4H,7-8H2;1H4. The summed E-state index contributed by atoms with van der Waals surface area (Å²) in [5.74, 6) is 3.19. The van der Waals surface area contributed by atoms with E-state index in [-0.39, 0.29) is 18.5 Å². The fraction of sp³-hybridized carbons (Fsp3) is 0.128. The van der Waals surface area contributed by atoms with Gasteiger partial charge in [0.2, 0.25) is 17.0 Å². The molecule has 1 unspecified atom stereocenters. The van der Waals surface area contributed by atoms with Crippen molar-refractivity contribution in [2.75, 3.05) is 68.3 Å². The first-order valence-corrected chi connectivity index (χ1v) is 20.9. The Balaban J connectivity index is 0.000000216. The molecule has 340 valence electrons. The van der Waals surface area contributed by atoms with Gasteiger partial charge >= 0.3 is 0 Å². The second-order valence-corrected chi connectivity index (χ2v) is 14.9. The van der Waals surface area contributed by atoms with E-state index in [4.69, 9.17) is 41.9 Å². The van der Waals surface area contributed by atoms with E-state index in [1.165, 1.54) is 12.3 Å². The molecule has 0 aliphatic rings. The highest BCUT2D eigenvalue weighted by Gasteiger charge is 2.15. The van der Waals surface area contributed by atoms with Gasteiger partial charge in [0.1, 0.15) is 34.6 Å². The molecular formula is C47H50N12O6S. The van der Waals surface area contributed by atoms with Crippen LogP contribution in [0, 0.1) is 0 Å². The fourth-order valence-electron chi connectivity index (χ4n) is 6.04. The quantitative estimate of drug-likeness (QED) is 0.0412. The van der Waals surface area contributed by atoms with Crippen LogP contribution < -0.4 is 52.5 Å². The second-order valence-electron chi connectivity index (χ2n) is 13.7. The van der Waals surface area contributed by atoms with Crippen molar-refractivity contribution in [2.24, 2.45) is 0 Å². The van der Waals surface area contributed by atoms with Gasteiger partial charge in [0.05, 0.1) is 62.0 Å². The number of nitrogens with two attached hydrogens (primary N) is 4. The minimum atomic E-state index is -1.28. The molecule has 4 aromatic heterocycles. The van der Waals surface area contributed by atoms with Gasteiger partial charge in [-0.1, -0.05) is 38.3 Å². The van der Waals surface area contributed by atoms with E-state index in [0.29, 0.717) is 96.5 Å². The second kappa shape index (κ2) is 22.2. The van der Waals surface area contributed by atoms with Crippen molar-refractivity contribution >= 4 is 79.1 Å². The molecule has 1 amide bonds. The molecule has 0 aliphatic heterocycles. The number of rotatable bonds is 11. The van der Waals surface area contributed by atoms with Gasteiger partial charge in [-0.2, -0.15) is 4.98 Å². The predicted octanol–water partition coefficient (Wildman–Crippen LogP) is 7.68. The fourth-order valence-corrected chi connectivity index (χ4v) is 6.46. The van der Waals surface area contributed by atoms with Gasteiger partial charge in [-0.15, -0.1) is 0 Å². The molecule has 0 radical (unpaired) electrons. The summed E-state index contributed by atoms with van der Waals surface area (Å²) < 4.78 is 32.8. The van der Waals surface area contributed by atoms with Crippen LogP contribution in [0.1, 0.15) is 7.43 Å². The number of aromatic nitrogens is 6. The third-order valence-electron chi connectivity index (χ3n) is 9.37. The number of carbonyl (C=O) groups excluding carboxylic acids is 1. The molecular weight excluding hydrogens is 861 g/mol. The van der Waals surface area contributed by atoms with E-state index in [2.05, 4.69) is 47.1 Å². The van der Waals surface area contributed by atoms with Crippen LogP contribution in [0.25, 0.3) is 44.3 Å². The number of fused-ring (bicyclic) bond motifs is 2. The Morgan fingerprint density at radius 1 is 0.621 bits per heavy atom. The van der Waals surface area contributed by atoms with Gasteiger partial charge in [-0.3, -0.25) is 9.00 Å². The Bertz CT molecular complexity index is 2980. The number of hydrogen-bond acceptors (Lipinski definition) is 17. The lowest BCUT2D eigenvalue weighted by Gasteiger charge is -2.13. The number of nitrogens with zero attached hydrogens (tertiary/aromatic N) is 6. The zero-order chi connectivity index (χ0) is 46.6. The van der Waals surface area contributed by atoms with Crippen LogP contribution in [0.3, 0.4) is 0 Å². The Kier molecular flexibility index (Phi) is 16.3. The zero-order valence-electron chi connectivity index (χ0n) is 36.0. The number of carbonyl (C=O) groups is 1. The molecule has 0 bridgehead atoms. The van der Waals surface area contributed by atoms with Gasteiger partial charge < -0.3 is 52.5 Å². The number of nitrogen functional groups attached to an aromatic ring is 4. The first kappa shape index (κ1) is 48.5. The first-order valence-electron chi connectivity index (χ1n) is 19.4. The van der Waals surface area contributed by atoms with Crippen LogP contribution in [-0.4, -0.2) is 74.7 Å². The van der Waals surface area contributed by atoms with Gasteiger partial charge in [0.25, 0.3) is 0 Å². The highest BCUT2D eigenvalue weighted by molar-refractivity contribution is 7.84. The number of anilines is 7. The van der Waals surface area contributed by atoms with Crippen molar-refractivity contribution in [3.63, 3.8) is 0 Å². The molecule has 0 fully saturated rings. The molecule has 0 saturated carbocycles.